The third-order valence-corrected chi connectivity index (χ3v) is 3.42. The molecule has 1 nitrogen and oxygen atoms in total. The van der Waals surface area contributed by atoms with E-state index in [1.807, 2.05) is 31.2 Å². The molecule has 19 heavy (non-hydrogen) atoms. The summed E-state index contributed by atoms with van der Waals surface area (Å²) in [7, 11) is 0. The predicted octanol–water partition coefficient (Wildman–Crippen LogP) is 4.24. The van der Waals surface area contributed by atoms with Gasteiger partial charge in [0, 0.05) is 11.4 Å². The van der Waals surface area contributed by atoms with Crippen LogP contribution in [-0.4, -0.2) is 5.11 Å². The lowest BCUT2D eigenvalue weighted by atomic mass is 9.88. The average molecular weight is 279 g/mol. The number of halogens is 2. The minimum Gasteiger partial charge on any atom is -0.385 e. The van der Waals surface area contributed by atoms with Crippen LogP contribution >= 0.6 is 11.6 Å². The summed E-state index contributed by atoms with van der Waals surface area (Å²) in [4.78, 5) is 0. The van der Waals surface area contributed by atoms with Crippen molar-refractivity contribution in [3.05, 3.63) is 70.0 Å². The van der Waals surface area contributed by atoms with E-state index in [2.05, 4.69) is 0 Å². The Bertz CT molecular complexity index is 593. The van der Waals surface area contributed by atoms with Gasteiger partial charge < -0.3 is 5.11 Å². The Labute approximate surface area is 117 Å². The van der Waals surface area contributed by atoms with Gasteiger partial charge in [0.25, 0.3) is 0 Å². The summed E-state index contributed by atoms with van der Waals surface area (Å²) in [6, 6.07) is 12.1. The molecular weight excluding hydrogens is 263 g/mol. The first-order valence-electron chi connectivity index (χ1n) is 6.12. The van der Waals surface area contributed by atoms with Crippen LogP contribution in [0.4, 0.5) is 4.39 Å². The van der Waals surface area contributed by atoms with Crippen molar-refractivity contribution in [1.82, 2.24) is 0 Å². The van der Waals surface area contributed by atoms with Crippen LogP contribution in [-0.2, 0) is 12.0 Å². The summed E-state index contributed by atoms with van der Waals surface area (Å²) in [6.45, 7) is 3.65. The molecule has 1 N–H and O–H groups in total. The fraction of sp³-hybridized carbons (Fsp3) is 0.250. The van der Waals surface area contributed by atoms with Crippen molar-refractivity contribution < 1.29 is 9.50 Å². The van der Waals surface area contributed by atoms with Crippen LogP contribution in [0.15, 0.2) is 42.5 Å². The van der Waals surface area contributed by atoms with Crippen molar-refractivity contribution in [2.45, 2.75) is 25.9 Å². The Kier molecular flexibility index (Phi) is 3.93. The molecule has 2 rings (SSSR count). The first-order chi connectivity index (χ1) is 8.88. The minimum atomic E-state index is -1.11. The SMILES string of the molecule is Cc1cccc(C(C)(O)Cc2ccc(Cl)cc2F)c1. The summed E-state index contributed by atoms with van der Waals surface area (Å²) in [5.41, 5.74) is 1.19. The molecule has 0 aliphatic carbocycles. The molecule has 0 radical (unpaired) electrons. The molecule has 2 aromatic carbocycles. The molecule has 0 aliphatic rings. The maximum Gasteiger partial charge on any atom is 0.127 e. The van der Waals surface area contributed by atoms with Gasteiger partial charge >= 0.3 is 0 Å². The van der Waals surface area contributed by atoms with Crippen LogP contribution in [0.3, 0.4) is 0 Å². The maximum absolute atomic E-state index is 13.8. The average Bonchev–Trinajstić information content (AvgIpc) is 2.33. The molecule has 100 valence electrons. The summed E-state index contributed by atoms with van der Waals surface area (Å²) >= 11 is 5.72. The van der Waals surface area contributed by atoms with Crippen molar-refractivity contribution in [2.24, 2.45) is 0 Å². The quantitative estimate of drug-likeness (QED) is 0.890. The van der Waals surface area contributed by atoms with Gasteiger partial charge in [-0.1, -0.05) is 47.5 Å². The van der Waals surface area contributed by atoms with Gasteiger partial charge in [-0.25, -0.2) is 4.39 Å². The van der Waals surface area contributed by atoms with Crippen molar-refractivity contribution >= 4 is 11.6 Å². The van der Waals surface area contributed by atoms with Crippen LogP contribution in [0.2, 0.25) is 5.02 Å². The molecule has 0 fully saturated rings. The van der Waals surface area contributed by atoms with Gasteiger partial charge in [0.15, 0.2) is 0 Å². The van der Waals surface area contributed by atoms with Crippen LogP contribution in [0, 0.1) is 12.7 Å². The lowest BCUT2D eigenvalue weighted by Crippen LogP contribution is -2.24. The van der Waals surface area contributed by atoms with Gasteiger partial charge in [0.2, 0.25) is 0 Å². The lowest BCUT2D eigenvalue weighted by Gasteiger charge is -2.24. The van der Waals surface area contributed by atoms with Gasteiger partial charge in [-0.3, -0.25) is 0 Å². The van der Waals surface area contributed by atoms with Crippen molar-refractivity contribution in [1.29, 1.82) is 0 Å². The highest BCUT2D eigenvalue weighted by Crippen LogP contribution is 2.27. The zero-order valence-corrected chi connectivity index (χ0v) is 11.7. The van der Waals surface area contributed by atoms with Gasteiger partial charge in [-0.05, 0) is 37.1 Å². The first kappa shape index (κ1) is 14.0. The van der Waals surface area contributed by atoms with Gasteiger partial charge in [0.05, 0.1) is 5.60 Å². The van der Waals surface area contributed by atoms with Crippen molar-refractivity contribution in [3.8, 4) is 0 Å². The molecule has 0 heterocycles. The number of hydrogen-bond acceptors (Lipinski definition) is 1. The smallest absolute Gasteiger partial charge is 0.127 e. The topological polar surface area (TPSA) is 20.2 Å². The molecule has 1 unspecified atom stereocenters. The van der Waals surface area contributed by atoms with E-state index in [0.29, 0.717) is 10.6 Å². The number of aliphatic hydroxyl groups is 1. The Balaban J connectivity index is 2.30. The Morgan fingerprint density at radius 3 is 2.58 bits per heavy atom. The molecule has 0 aliphatic heterocycles. The number of rotatable bonds is 3. The van der Waals surface area contributed by atoms with E-state index >= 15 is 0 Å². The Morgan fingerprint density at radius 2 is 1.95 bits per heavy atom. The zero-order valence-electron chi connectivity index (χ0n) is 11.0. The number of aryl methyl sites for hydroxylation is 1. The van der Waals surface area contributed by atoms with Crippen LogP contribution in [0.25, 0.3) is 0 Å². The maximum atomic E-state index is 13.8. The van der Waals surface area contributed by atoms with Crippen molar-refractivity contribution in [3.63, 3.8) is 0 Å². The largest absolute Gasteiger partial charge is 0.385 e. The highest BCUT2D eigenvalue weighted by atomic mass is 35.5. The van der Waals surface area contributed by atoms with E-state index in [4.69, 9.17) is 11.6 Å². The molecule has 0 saturated heterocycles. The molecule has 3 heteroatoms. The third kappa shape index (κ3) is 3.34. The lowest BCUT2D eigenvalue weighted by molar-refractivity contribution is 0.0566. The second kappa shape index (κ2) is 5.32. The van der Waals surface area contributed by atoms with E-state index in [9.17, 15) is 9.50 Å². The summed E-state index contributed by atoms with van der Waals surface area (Å²) in [6.07, 6.45) is 0.208. The number of hydrogen-bond donors (Lipinski definition) is 1. The van der Waals surface area contributed by atoms with E-state index < -0.39 is 5.60 Å². The van der Waals surface area contributed by atoms with E-state index in [1.165, 1.54) is 6.07 Å². The molecular formula is C16H16ClFO. The fourth-order valence-corrected chi connectivity index (χ4v) is 2.28. The molecule has 0 saturated carbocycles. The van der Waals surface area contributed by atoms with Crippen LogP contribution in [0.1, 0.15) is 23.6 Å². The second-order valence-corrected chi connectivity index (χ2v) is 5.49. The van der Waals surface area contributed by atoms with Crippen LogP contribution in [0.5, 0.6) is 0 Å². The second-order valence-electron chi connectivity index (χ2n) is 5.06. The summed E-state index contributed by atoms with van der Waals surface area (Å²) < 4.78 is 13.8. The monoisotopic (exact) mass is 278 g/mol. The van der Waals surface area contributed by atoms with Gasteiger partial charge in [-0.2, -0.15) is 0 Å². The van der Waals surface area contributed by atoms with Gasteiger partial charge in [0.1, 0.15) is 5.82 Å². The summed E-state index contributed by atoms with van der Waals surface area (Å²) in [5, 5.41) is 10.9. The van der Waals surface area contributed by atoms with Crippen molar-refractivity contribution in [2.75, 3.05) is 0 Å². The fourth-order valence-electron chi connectivity index (χ4n) is 2.12. The minimum absolute atomic E-state index is 0.208. The normalized spacial score (nSPS) is 14.2. The molecule has 0 bridgehead atoms. The predicted molar refractivity (Wildman–Crippen MR) is 75.9 cm³/mol. The van der Waals surface area contributed by atoms with E-state index in [0.717, 1.165) is 11.1 Å². The number of benzene rings is 2. The van der Waals surface area contributed by atoms with E-state index in [1.54, 1.807) is 19.1 Å². The van der Waals surface area contributed by atoms with Crippen LogP contribution < -0.4 is 0 Å². The Hall–Kier alpha value is -1.38. The van der Waals surface area contributed by atoms with Gasteiger partial charge in [-0.15, -0.1) is 0 Å². The highest BCUT2D eigenvalue weighted by Gasteiger charge is 2.25. The highest BCUT2D eigenvalue weighted by molar-refractivity contribution is 6.30. The standard InChI is InChI=1S/C16H16ClFO/c1-11-4-3-5-13(8-11)16(2,19)10-12-6-7-14(17)9-15(12)18/h3-9,19H,10H2,1-2H3. The summed E-state index contributed by atoms with van der Waals surface area (Å²) in [5.74, 6) is -0.388. The molecule has 0 spiro atoms. The molecule has 1 atom stereocenters. The van der Waals surface area contributed by atoms with E-state index in [-0.39, 0.29) is 12.2 Å². The Morgan fingerprint density at radius 1 is 1.21 bits per heavy atom. The molecule has 0 amide bonds. The zero-order chi connectivity index (χ0) is 14.0. The molecule has 0 aromatic heterocycles. The first-order valence-corrected chi connectivity index (χ1v) is 6.50. The third-order valence-electron chi connectivity index (χ3n) is 3.19. The molecule has 2 aromatic rings.